The maximum Gasteiger partial charge on any atom is 0.301 e. The van der Waals surface area contributed by atoms with Crippen LogP contribution in [0.1, 0.15) is 5.56 Å². The van der Waals surface area contributed by atoms with E-state index in [0.717, 1.165) is 9.87 Å². The van der Waals surface area contributed by atoms with Crippen LogP contribution in [0.15, 0.2) is 47.5 Å². The number of hydrogen-bond acceptors (Lipinski definition) is 6. The van der Waals surface area contributed by atoms with E-state index >= 15 is 0 Å². The molecular weight excluding hydrogens is 396 g/mol. The standard InChI is InChI=1S/C19H22N4O5S/c1-22(2)29(25,26)21-14-7-5-13(6-8-14)11-23-12-20-16-10-18(28-4)17(27-3)9-15(16)19(23)24/h5-10,12,21H,11H2,1-4H3. The molecule has 1 heterocycles. The third-order valence-corrected chi connectivity index (χ3v) is 5.82. The highest BCUT2D eigenvalue weighted by atomic mass is 32.2. The fourth-order valence-electron chi connectivity index (χ4n) is 2.71. The molecule has 29 heavy (non-hydrogen) atoms. The second-order valence-corrected chi connectivity index (χ2v) is 8.37. The van der Waals surface area contributed by atoms with Crippen molar-refractivity contribution in [2.45, 2.75) is 6.54 Å². The van der Waals surface area contributed by atoms with Gasteiger partial charge in [0.15, 0.2) is 11.5 Å². The van der Waals surface area contributed by atoms with Gasteiger partial charge in [-0.15, -0.1) is 0 Å². The summed E-state index contributed by atoms with van der Waals surface area (Å²) in [6.45, 7) is 0.289. The highest BCUT2D eigenvalue weighted by Crippen LogP contribution is 2.29. The second-order valence-electron chi connectivity index (χ2n) is 6.49. The first-order valence-corrected chi connectivity index (χ1v) is 10.1. The Balaban J connectivity index is 1.88. The molecule has 0 aliphatic carbocycles. The molecule has 0 unspecified atom stereocenters. The Morgan fingerprint density at radius 1 is 1.07 bits per heavy atom. The van der Waals surface area contributed by atoms with E-state index in [9.17, 15) is 13.2 Å². The zero-order chi connectivity index (χ0) is 21.2. The van der Waals surface area contributed by atoms with Crippen molar-refractivity contribution in [2.75, 3.05) is 33.0 Å². The van der Waals surface area contributed by atoms with Gasteiger partial charge in [0.1, 0.15) is 0 Å². The van der Waals surface area contributed by atoms with Gasteiger partial charge in [-0.3, -0.25) is 14.1 Å². The summed E-state index contributed by atoms with van der Waals surface area (Å²) in [5.41, 5.74) is 1.55. The van der Waals surface area contributed by atoms with Gasteiger partial charge in [0, 0.05) is 25.8 Å². The van der Waals surface area contributed by atoms with Gasteiger partial charge in [0.2, 0.25) is 0 Å². The van der Waals surface area contributed by atoms with Crippen molar-refractivity contribution in [1.29, 1.82) is 0 Å². The summed E-state index contributed by atoms with van der Waals surface area (Å²) in [4.78, 5) is 17.2. The lowest BCUT2D eigenvalue weighted by Crippen LogP contribution is -2.28. The van der Waals surface area contributed by atoms with E-state index < -0.39 is 10.2 Å². The maximum absolute atomic E-state index is 12.9. The van der Waals surface area contributed by atoms with E-state index in [1.165, 1.54) is 39.2 Å². The molecule has 9 nitrogen and oxygen atoms in total. The van der Waals surface area contributed by atoms with E-state index in [1.807, 2.05) is 0 Å². The summed E-state index contributed by atoms with van der Waals surface area (Å²) in [5.74, 6) is 0.953. The number of fused-ring (bicyclic) bond motifs is 1. The molecule has 0 atom stereocenters. The van der Waals surface area contributed by atoms with E-state index in [-0.39, 0.29) is 12.1 Å². The molecule has 154 valence electrons. The number of nitrogens with zero attached hydrogens (tertiary/aromatic N) is 3. The number of anilines is 1. The molecule has 1 aromatic heterocycles. The van der Waals surface area contributed by atoms with Crippen LogP contribution in [0, 0.1) is 0 Å². The highest BCUT2D eigenvalue weighted by Gasteiger charge is 2.13. The number of nitrogens with one attached hydrogen (secondary N) is 1. The van der Waals surface area contributed by atoms with Gasteiger partial charge in [0.25, 0.3) is 5.56 Å². The third-order valence-electron chi connectivity index (χ3n) is 4.36. The third kappa shape index (κ3) is 4.33. The van der Waals surface area contributed by atoms with E-state index in [4.69, 9.17) is 9.47 Å². The molecule has 0 spiro atoms. The zero-order valence-electron chi connectivity index (χ0n) is 16.5. The molecule has 3 aromatic rings. The summed E-state index contributed by atoms with van der Waals surface area (Å²) in [6, 6.07) is 10.1. The van der Waals surface area contributed by atoms with Crippen molar-refractivity contribution < 1.29 is 17.9 Å². The van der Waals surface area contributed by atoms with Gasteiger partial charge in [-0.1, -0.05) is 12.1 Å². The highest BCUT2D eigenvalue weighted by molar-refractivity contribution is 7.90. The molecule has 3 rings (SSSR count). The molecule has 10 heteroatoms. The minimum Gasteiger partial charge on any atom is -0.493 e. The minimum absolute atomic E-state index is 0.214. The molecule has 0 saturated carbocycles. The van der Waals surface area contributed by atoms with Crippen LogP contribution >= 0.6 is 0 Å². The number of hydrogen-bond donors (Lipinski definition) is 1. The van der Waals surface area contributed by atoms with Crippen LogP contribution in [-0.2, 0) is 16.8 Å². The summed E-state index contributed by atoms with van der Waals surface area (Å²) >= 11 is 0. The van der Waals surface area contributed by atoms with Crippen molar-refractivity contribution in [2.24, 2.45) is 0 Å². The lowest BCUT2D eigenvalue weighted by atomic mass is 10.2. The lowest BCUT2D eigenvalue weighted by molar-refractivity contribution is 0.355. The molecule has 0 aliphatic heterocycles. The maximum atomic E-state index is 12.9. The first-order valence-electron chi connectivity index (χ1n) is 8.65. The quantitative estimate of drug-likeness (QED) is 0.626. The number of aromatic nitrogens is 2. The molecule has 1 N–H and O–H groups in total. The Kier molecular flexibility index (Phi) is 5.76. The number of ether oxygens (including phenoxy) is 2. The minimum atomic E-state index is -3.57. The Morgan fingerprint density at radius 2 is 1.69 bits per heavy atom. The van der Waals surface area contributed by atoms with Gasteiger partial charge in [0.05, 0.1) is 38.0 Å². The predicted octanol–water partition coefficient (Wildman–Crippen LogP) is 1.68. The summed E-state index contributed by atoms with van der Waals surface area (Å²) in [5, 5.41) is 0.417. The van der Waals surface area contributed by atoms with Crippen LogP contribution in [0.5, 0.6) is 11.5 Å². The zero-order valence-corrected chi connectivity index (χ0v) is 17.4. The molecule has 2 aromatic carbocycles. The average molecular weight is 418 g/mol. The van der Waals surface area contributed by atoms with Gasteiger partial charge in [-0.05, 0) is 23.8 Å². The van der Waals surface area contributed by atoms with E-state index in [1.54, 1.807) is 36.4 Å². The fraction of sp³-hybridized carbons (Fsp3) is 0.263. The number of methoxy groups -OCH3 is 2. The van der Waals surface area contributed by atoms with Crippen molar-refractivity contribution >= 4 is 26.8 Å². The average Bonchev–Trinajstić information content (AvgIpc) is 2.70. The second kappa shape index (κ2) is 8.10. The normalized spacial score (nSPS) is 11.6. The Bertz CT molecular complexity index is 1190. The Hall–Kier alpha value is -3.11. The molecule has 0 aliphatic rings. The van der Waals surface area contributed by atoms with Crippen LogP contribution < -0.4 is 19.8 Å². The van der Waals surface area contributed by atoms with Crippen LogP contribution in [0.2, 0.25) is 0 Å². The Morgan fingerprint density at radius 3 is 2.28 bits per heavy atom. The van der Waals surface area contributed by atoms with E-state index in [0.29, 0.717) is 28.1 Å². The molecule has 0 saturated heterocycles. The van der Waals surface area contributed by atoms with Gasteiger partial charge in [-0.2, -0.15) is 12.7 Å². The van der Waals surface area contributed by atoms with Crippen LogP contribution in [-0.4, -0.2) is 50.6 Å². The lowest BCUT2D eigenvalue weighted by Gasteiger charge is -2.14. The van der Waals surface area contributed by atoms with Crippen LogP contribution in [0.3, 0.4) is 0 Å². The summed E-state index contributed by atoms with van der Waals surface area (Å²) in [7, 11) is 2.34. The van der Waals surface area contributed by atoms with Crippen molar-refractivity contribution in [3.8, 4) is 11.5 Å². The summed E-state index contributed by atoms with van der Waals surface area (Å²) < 4.78 is 39.3. The Labute approximate surface area is 168 Å². The monoisotopic (exact) mass is 418 g/mol. The predicted molar refractivity (Wildman–Crippen MR) is 111 cm³/mol. The van der Waals surface area contributed by atoms with Gasteiger partial charge in [-0.25, -0.2) is 4.98 Å². The van der Waals surface area contributed by atoms with Crippen LogP contribution in [0.4, 0.5) is 5.69 Å². The van der Waals surface area contributed by atoms with Crippen LogP contribution in [0.25, 0.3) is 10.9 Å². The van der Waals surface area contributed by atoms with Gasteiger partial charge < -0.3 is 9.47 Å². The first kappa shape index (κ1) is 20.6. The van der Waals surface area contributed by atoms with Crippen molar-refractivity contribution in [1.82, 2.24) is 13.9 Å². The molecule has 0 amide bonds. The largest absolute Gasteiger partial charge is 0.493 e. The number of rotatable bonds is 7. The van der Waals surface area contributed by atoms with Crippen molar-refractivity contribution in [3.05, 3.63) is 58.6 Å². The van der Waals surface area contributed by atoms with Gasteiger partial charge >= 0.3 is 10.2 Å². The molecular formula is C19H22N4O5S. The smallest absolute Gasteiger partial charge is 0.301 e. The van der Waals surface area contributed by atoms with E-state index in [2.05, 4.69) is 9.71 Å². The SMILES string of the molecule is COc1cc2ncn(Cc3ccc(NS(=O)(=O)N(C)C)cc3)c(=O)c2cc1OC. The number of benzene rings is 2. The first-order chi connectivity index (χ1) is 13.7. The van der Waals surface area contributed by atoms with Crippen molar-refractivity contribution in [3.63, 3.8) is 0 Å². The molecule has 0 radical (unpaired) electrons. The topological polar surface area (TPSA) is 103 Å². The molecule has 0 fully saturated rings. The summed E-state index contributed by atoms with van der Waals surface area (Å²) in [6.07, 6.45) is 1.47. The fourth-order valence-corrected chi connectivity index (χ4v) is 3.33. The molecule has 0 bridgehead atoms.